The van der Waals surface area contributed by atoms with E-state index in [0.29, 0.717) is 6.54 Å². The van der Waals surface area contributed by atoms with E-state index < -0.39 is 0 Å². The zero-order valence-corrected chi connectivity index (χ0v) is 10.5. The molecule has 96 valence electrons. The Morgan fingerprint density at radius 1 is 1.53 bits per heavy atom. The first-order valence-electron chi connectivity index (χ1n) is 6.39. The van der Waals surface area contributed by atoms with Crippen molar-refractivity contribution in [2.45, 2.75) is 32.2 Å². The van der Waals surface area contributed by atoms with Crippen LogP contribution in [0.3, 0.4) is 0 Å². The monoisotopic (exact) mass is 238 g/mol. The summed E-state index contributed by atoms with van der Waals surface area (Å²) in [5.41, 5.74) is 0. The summed E-state index contributed by atoms with van der Waals surface area (Å²) in [4.78, 5) is 13.7. The van der Waals surface area contributed by atoms with Crippen LogP contribution in [-0.2, 0) is 4.79 Å². The second kappa shape index (κ2) is 8.04. The average Bonchev–Trinajstić information content (AvgIpc) is 2.62. The zero-order valence-electron chi connectivity index (χ0n) is 10.5. The molecule has 5 nitrogen and oxygen atoms in total. The summed E-state index contributed by atoms with van der Waals surface area (Å²) < 4.78 is 0. The third-order valence-electron chi connectivity index (χ3n) is 2.92. The topological polar surface area (TPSA) is 68.2 Å². The molecule has 1 aliphatic rings. The Bertz CT molecular complexity index is 266. The SMILES string of the molecule is CCCNC(=O)CC(C#N)N1CCCNCC1. The van der Waals surface area contributed by atoms with Crippen LogP contribution < -0.4 is 10.6 Å². The van der Waals surface area contributed by atoms with Crippen LogP contribution in [0.5, 0.6) is 0 Å². The van der Waals surface area contributed by atoms with Crippen molar-refractivity contribution in [2.75, 3.05) is 32.7 Å². The third-order valence-corrected chi connectivity index (χ3v) is 2.92. The molecule has 1 fully saturated rings. The molecule has 0 bridgehead atoms. The molecule has 5 heteroatoms. The van der Waals surface area contributed by atoms with Gasteiger partial charge in [-0.1, -0.05) is 6.92 Å². The highest BCUT2D eigenvalue weighted by Crippen LogP contribution is 2.06. The second-order valence-corrected chi connectivity index (χ2v) is 4.34. The van der Waals surface area contributed by atoms with E-state index in [1.54, 1.807) is 0 Å². The van der Waals surface area contributed by atoms with Crippen LogP contribution in [0.25, 0.3) is 0 Å². The Morgan fingerprint density at radius 3 is 3.06 bits per heavy atom. The third kappa shape index (κ3) is 5.16. The molecule has 2 N–H and O–H groups in total. The van der Waals surface area contributed by atoms with Crippen molar-refractivity contribution in [1.82, 2.24) is 15.5 Å². The van der Waals surface area contributed by atoms with Gasteiger partial charge in [-0.05, 0) is 19.4 Å². The quantitative estimate of drug-likeness (QED) is 0.712. The summed E-state index contributed by atoms with van der Waals surface area (Å²) in [6, 6.07) is 1.96. The lowest BCUT2D eigenvalue weighted by Gasteiger charge is -2.24. The van der Waals surface area contributed by atoms with Gasteiger partial charge in [-0.2, -0.15) is 5.26 Å². The number of rotatable bonds is 5. The molecule has 1 rings (SSSR count). The van der Waals surface area contributed by atoms with Gasteiger partial charge in [0.25, 0.3) is 0 Å². The fraction of sp³-hybridized carbons (Fsp3) is 0.833. The fourth-order valence-electron chi connectivity index (χ4n) is 1.95. The minimum atomic E-state index is -0.285. The molecular formula is C12H22N4O. The van der Waals surface area contributed by atoms with Crippen molar-refractivity contribution >= 4 is 5.91 Å². The molecule has 0 saturated carbocycles. The van der Waals surface area contributed by atoms with Crippen LogP contribution in [0.2, 0.25) is 0 Å². The molecule has 1 amide bonds. The molecule has 0 aromatic heterocycles. The fourth-order valence-corrected chi connectivity index (χ4v) is 1.95. The minimum absolute atomic E-state index is 0.0180. The molecule has 0 aliphatic carbocycles. The van der Waals surface area contributed by atoms with E-state index in [9.17, 15) is 4.79 Å². The normalized spacial score (nSPS) is 19.1. The minimum Gasteiger partial charge on any atom is -0.356 e. The first-order valence-corrected chi connectivity index (χ1v) is 6.39. The molecule has 1 atom stereocenters. The van der Waals surface area contributed by atoms with Gasteiger partial charge in [0, 0.05) is 26.2 Å². The number of carbonyl (C=O) groups excluding carboxylic acids is 1. The van der Waals surface area contributed by atoms with Gasteiger partial charge in [0.2, 0.25) is 5.91 Å². The predicted molar refractivity (Wildman–Crippen MR) is 66.4 cm³/mol. The maximum atomic E-state index is 11.6. The van der Waals surface area contributed by atoms with Crippen LogP contribution >= 0.6 is 0 Å². The van der Waals surface area contributed by atoms with Crippen LogP contribution in [0.4, 0.5) is 0 Å². The Balaban J connectivity index is 2.41. The predicted octanol–water partition coefficient (Wildman–Crippen LogP) is 0.0902. The highest BCUT2D eigenvalue weighted by atomic mass is 16.1. The summed E-state index contributed by atoms with van der Waals surface area (Å²) in [6.07, 6.45) is 2.25. The van der Waals surface area contributed by atoms with Crippen molar-refractivity contribution in [2.24, 2.45) is 0 Å². The van der Waals surface area contributed by atoms with E-state index in [4.69, 9.17) is 5.26 Å². The number of nitriles is 1. The van der Waals surface area contributed by atoms with Crippen LogP contribution in [-0.4, -0.2) is 49.6 Å². The Labute approximate surface area is 103 Å². The molecule has 1 aliphatic heterocycles. The summed E-state index contributed by atoms with van der Waals surface area (Å²) in [5, 5.41) is 15.3. The van der Waals surface area contributed by atoms with E-state index >= 15 is 0 Å². The van der Waals surface area contributed by atoms with Gasteiger partial charge in [0.1, 0.15) is 6.04 Å². The molecule has 0 spiro atoms. The maximum absolute atomic E-state index is 11.6. The van der Waals surface area contributed by atoms with Gasteiger partial charge in [-0.25, -0.2) is 0 Å². The highest BCUT2D eigenvalue weighted by Gasteiger charge is 2.21. The van der Waals surface area contributed by atoms with E-state index in [1.807, 2.05) is 6.92 Å². The van der Waals surface area contributed by atoms with E-state index in [1.165, 1.54) is 0 Å². The lowest BCUT2D eigenvalue weighted by Crippen LogP contribution is -2.40. The van der Waals surface area contributed by atoms with Gasteiger partial charge in [0.05, 0.1) is 12.5 Å². The second-order valence-electron chi connectivity index (χ2n) is 4.34. The number of nitrogens with one attached hydrogen (secondary N) is 2. The lowest BCUT2D eigenvalue weighted by molar-refractivity contribution is -0.121. The zero-order chi connectivity index (χ0) is 12.5. The van der Waals surface area contributed by atoms with E-state index in [0.717, 1.165) is 39.0 Å². The maximum Gasteiger partial charge on any atom is 0.222 e. The van der Waals surface area contributed by atoms with Crippen LogP contribution in [0.15, 0.2) is 0 Å². The van der Waals surface area contributed by atoms with Crippen LogP contribution in [0.1, 0.15) is 26.2 Å². The molecule has 1 saturated heterocycles. The number of hydrogen-bond donors (Lipinski definition) is 2. The number of carbonyl (C=O) groups is 1. The van der Waals surface area contributed by atoms with Crippen molar-refractivity contribution < 1.29 is 4.79 Å². The number of nitrogens with zero attached hydrogens (tertiary/aromatic N) is 2. The molecular weight excluding hydrogens is 216 g/mol. The Hall–Kier alpha value is -1.12. The first-order chi connectivity index (χ1) is 8.27. The largest absolute Gasteiger partial charge is 0.356 e. The van der Waals surface area contributed by atoms with Gasteiger partial charge in [-0.3, -0.25) is 9.69 Å². The molecule has 17 heavy (non-hydrogen) atoms. The molecule has 0 aromatic carbocycles. The van der Waals surface area contributed by atoms with Gasteiger partial charge >= 0.3 is 0 Å². The van der Waals surface area contributed by atoms with Gasteiger partial charge in [0.15, 0.2) is 0 Å². The van der Waals surface area contributed by atoms with Crippen molar-refractivity contribution in [3.63, 3.8) is 0 Å². The standard InChI is InChI=1S/C12H22N4O/c1-2-4-15-12(17)9-11(10-13)16-7-3-5-14-6-8-16/h11,14H,2-9H2,1H3,(H,15,17). The van der Waals surface area contributed by atoms with Crippen molar-refractivity contribution in [3.05, 3.63) is 0 Å². The first kappa shape index (κ1) is 13.9. The highest BCUT2D eigenvalue weighted by molar-refractivity contribution is 5.76. The van der Waals surface area contributed by atoms with Gasteiger partial charge < -0.3 is 10.6 Å². The van der Waals surface area contributed by atoms with Crippen LogP contribution in [0, 0.1) is 11.3 Å². The van der Waals surface area contributed by atoms with Crippen molar-refractivity contribution in [1.29, 1.82) is 5.26 Å². The Kier molecular flexibility index (Phi) is 6.60. The van der Waals surface area contributed by atoms with Crippen molar-refractivity contribution in [3.8, 4) is 6.07 Å². The number of amides is 1. The summed E-state index contributed by atoms with van der Waals surface area (Å²) >= 11 is 0. The van der Waals surface area contributed by atoms with E-state index in [-0.39, 0.29) is 18.4 Å². The number of hydrogen-bond acceptors (Lipinski definition) is 4. The smallest absolute Gasteiger partial charge is 0.222 e. The molecule has 1 heterocycles. The van der Waals surface area contributed by atoms with E-state index in [2.05, 4.69) is 21.6 Å². The summed E-state index contributed by atoms with van der Waals surface area (Å²) in [5.74, 6) is -0.0180. The lowest BCUT2D eigenvalue weighted by atomic mass is 10.1. The van der Waals surface area contributed by atoms with Gasteiger partial charge in [-0.15, -0.1) is 0 Å². The average molecular weight is 238 g/mol. The Morgan fingerprint density at radius 2 is 2.35 bits per heavy atom. The molecule has 0 aromatic rings. The summed E-state index contributed by atoms with van der Waals surface area (Å²) in [7, 11) is 0. The summed E-state index contributed by atoms with van der Waals surface area (Å²) in [6.45, 7) is 6.35. The molecule has 1 unspecified atom stereocenters. The molecule has 0 radical (unpaired) electrons.